The summed E-state index contributed by atoms with van der Waals surface area (Å²) in [7, 11) is 0. The quantitative estimate of drug-likeness (QED) is 0.725. The summed E-state index contributed by atoms with van der Waals surface area (Å²) in [5.74, 6) is -1.11. The van der Waals surface area contributed by atoms with Crippen LogP contribution in [0.3, 0.4) is 0 Å². The number of nitrogens with zero attached hydrogens (tertiary/aromatic N) is 2. The number of furan rings is 1. The number of rotatable bonds is 4. The van der Waals surface area contributed by atoms with Crippen molar-refractivity contribution in [3.8, 4) is 5.75 Å². The monoisotopic (exact) mass is 466 g/mol. The molecule has 0 saturated heterocycles. The normalized spacial score (nSPS) is 19.6. The third-order valence-corrected chi connectivity index (χ3v) is 4.49. The average molecular weight is 468 g/mol. The van der Waals surface area contributed by atoms with Crippen LogP contribution in [-0.2, 0) is 6.61 Å². The summed E-state index contributed by atoms with van der Waals surface area (Å²) >= 11 is 9.27. The minimum absolute atomic E-state index is 0.0396. The number of hydrogen-bond acceptors (Lipinski definition) is 5. The fraction of sp³-hybridized carbons (Fsp3) is 0.250. The van der Waals surface area contributed by atoms with Crippen LogP contribution in [0.5, 0.6) is 5.75 Å². The molecular weight excluding hydrogens is 457 g/mol. The van der Waals surface area contributed by atoms with Crippen molar-refractivity contribution in [3.05, 3.63) is 51.3 Å². The molecule has 0 radical (unpaired) electrons. The van der Waals surface area contributed by atoms with Crippen LogP contribution in [-0.4, -0.2) is 34.1 Å². The lowest BCUT2D eigenvalue weighted by Crippen LogP contribution is -2.56. The molecule has 0 fully saturated rings. The molecule has 0 saturated carbocycles. The highest BCUT2D eigenvalue weighted by Gasteiger charge is 2.61. The Kier molecular flexibility index (Phi) is 5.24. The summed E-state index contributed by atoms with van der Waals surface area (Å²) in [5, 5.41) is 13.4. The summed E-state index contributed by atoms with van der Waals surface area (Å²) < 4.78 is 50.6. The highest BCUT2D eigenvalue weighted by molar-refractivity contribution is 9.10. The van der Waals surface area contributed by atoms with Crippen LogP contribution >= 0.6 is 27.5 Å². The molecule has 27 heavy (non-hydrogen) atoms. The van der Waals surface area contributed by atoms with E-state index < -0.39 is 30.0 Å². The molecule has 6 nitrogen and oxygen atoms in total. The van der Waals surface area contributed by atoms with E-state index in [0.29, 0.717) is 10.8 Å². The van der Waals surface area contributed by atoms with E-state index >= 15 is 0 Å². The molecule has 1 N–H and O–H groups in total. The Labute approximate surface area is 164 Å². The minimum atomic E-state index is -5.07. The molecule has 0 spiro atoms. The van der Waals surface area contributed by atoms with Gasteiger partial charge in [-0.1, -0.05) is 27.5 Å². The van der Waals surface area contributed by atoms with Crippen LogP contribution in [0.4, 0.5) is 13.2 Å². The lowest BCUT2D eigenvalue weighted by molar-refractivity contribution is -0.297. The van der Waals surface area contributed by atoms with Crippen LogP contribution in [0.2, 0.25) is 5.02 Å². The van der Waals surface area contributed by atoms with Gasteiger partial charge in [0.15, 0.2) is 5.76 Å². The smallest absolute Gasteiger partial charge is 0.438 e. The number of aliphatic hydroxyl groups is 1. The maximum Gasteiger partial charge on any atom is 0.438 e. The zero-order chi connectivity index (χ0) is 19.8. The van der Waals surface area contributed by atoms with Crippen molar-refractivity contribution < 1.29 is 32.2 Å². The number of benzene rings is 1. The molecule has 1 atom stereocenters. The second-order valence-electron chi connectivity index (χ2n) is 5.56. The van der Waals surface area contributed by atoms with Crippen molar-refractivity contribution in [2.75, 3.05) is 0 Å². The van der Waals surface area contributed by atoms with E-state index in [1.807, 2.05) is 0 Å². The van der Waals surface area contributed by atoms with Crippen molar-refractivity contribution in [1.29, 1.82) is 0 Å². The van der Waals surface area contributed by atoms with Gasteiger partial charge in [-0.25, -0.2) is 0 Å². The average Bonchev–Trinajstić information content (AvgIpc) is 3.20. The lowest BCUT2D eigenvalue weighted by Gasteiger charge is -2.31. The van der Waals surface area contributed by atoms with E-state index in [-0.39, 0.29) is 17.4 Å². The molecule has 1 aliphatic rings. The van der Waals surface area contributed by atoms with Gasteiger partial charge in [0, 0.05) is 17.1 Å². The second kappa shape index (κ2) is 7.17. The Morgan fingerprint density at radius 3 is 2.81 bits per heavy atom. The number of hydrazone groups is 1. The van der Waals surface area contributed by atoms with E-state index in [2.05, 4.69) is 21.0 Å². The second-order valence-corrected chi connectivity index (χ2v) is 6.89. The van der Waals surface area contributed by atoms with E-state index in [9.17, 15) is 23.1 Å². The Morgan fingerprint density at radius 1 is 1.41 bits per heavy atom. The number of halogens is 5. The van der Waals surface area contributed by atoms with E-state index in [1.165, 1.54) is 12.1 Å². The highest BCUT2D eigenvalue weighted by Crippen LogP contribution is 2.39. The zero-order valence-electron chi connectivity index (χ0n) is 13.3. The first-order valence-corrected chi connectivity index (χ1v) is 8.61. The molecular formula is C16H11BrClF3N2O4. The fourth-order valence-corrected chi connectivity index (χ4v) is 3.03. The van der Waals surface area contributed by atoms with E-state index in [0.717, 1.165) is 10.7 Å². The first-order chi connectivity index (χ1) is 12.6. The molecule has 1 aliphatic heterocycles. The largest absolute Gasteiger partial charge is 0.484 e. The van der Waals surface area contributed by atoms with Gasteiger partial charge in [-0.2, -0.15) is 23.3 Å². The maximum absolute atomic E-state index is 13.1. The predicted molar refractivity (Wildman–Crippen MR) is 92.5 cm³/mol. The van der Waals surface area contributed by atoms with Gasteiger partial charge in [0.1, 0.15) is 18.1 Å². The molecule has 11 heteroatoms. The van der Waals surface area contributed by atoms with Crippen molar-refractivity contribution in [2.45, 2.75) is 24.9 Å². The Hall–Kier alpha value is -2.04. The van der Waals surface area contributed by atoms with Crippen molar-refractivity contribution in [2.24, 2.45) is 5.10 Å². The van der Waals surface area contributed by atoms with Crippen molar-refractivity contribution in [3.63, 3.8) is 0 Å². The number of amides is 1. The van der Waals surface area contributed by atoms with Gasteiger partial charge in [0.25, 0.3) is 5.72 Å². The maximum atomic E-state index is 13.1. The molecule has 144 valence electrons. The van der Waals surface area contributed by atoms with Gasteiger partial charge in [-0.3, -0.25) is 4.79 Å². The molecule has 2 heterocycles. The molecule has 1 amide bonds. The number of carbonyl (C=O) groups is 1. The number of hydrogen-bond donors (Lipinski definition) is 1. The van der Waals surface area contributed by atoms with Crippen LogP contribution < -0.4 is 4.74 Å². The topological polar surface area (TPSA) is 75.3 Å². The van der Waals surface area contributed by atoms with Crippen molar-refractivity contribution in [1.82, 2.24) is 5.01 Å². The molecule has 1 aromatic carbocycles. The number of carbonyl (C=O) groups excluding carboxylic acids is 1. The van der Waals surface area contributed by atoms with E-state index in [4.69, 9.17) is 20.8 Å². The molecule has 0 bridgehead atoms. The Balaban J connectivity index is 1.72. The first-order valence-electron chi connectivity index (χ1n) is 7.44. The minimum Gasteiger partial charge on any atom is -0.484 e. The van der Waals surface area contributed by atoms with Crippen LogP contribution in [0.15, 0.2) is 44.3 Å². The van der Waals surface area contributed by atoms with Crippen molar-refractivity contribution >= 4 is 39.7 Å². The number of alkyl halides is 3. The van der Waals surface area contributed by atoms with Gasteiger partial charge < -0.3 is 14.3 Å². The van der Waals surface area contributed by atoms with E-state index in [1.54, 1.807) is 18.2 Å². The van der Waals surface area contributed by atoms with Gasteiger partial charge in [0.05, 0.1) is 5.02 Å². The molecule has 0 aliphatic carbocycles. The lowest BCUT2D eigenvalue weighted by atomic mass is 10.1. The van der Waals surface area contributed by atoms with Gasteiger partial charge >= 0.3 is 12.1 Å². The molecule has 3 rings (SSSR count). The van der Waals surface area contributed by atoms with Gasteiger partial charge in [-0.05, 0) is 30.3 Å². The van der Waals surface area contributed by atoms with Gasteiger partial charge in [0.2, 0.25) is 0 Å². The zero-order valence-corrected chi connectivity index (χ0v) is 15.7. The van der Waals surface area contributed by atoms with Crippen LogP contribution in [0.25, 0.3) is 0 Å². The summed E-state index contributed by atoms with van der Waals surface area (Å²) in [6, 6.07) is 7.49. The fourth-order valence-electron chi connectivity index (χ4n) is 2.30. The molecule has 1 unspecified atom stereocenters. The van der Waals surface area contributed by atoms with Crippen LogP contribution in [0, 0.1) is 0 Å². The summed E-state index contributed by atoms with van der Waals surface area (Å²) in [6.07, 6.45) is -5.12. The summed E-state index contributed by atoms with van der Waals surface area (Å²) in [4.78, 5) is 12.3. The molecule has 1 aromatic heterocycles. The standard InChI is InChI=1S/C16H11BrClF3N2O4/c17-9-1-3-12(11(18)7-9)26-8-10-2-4-13(27-10)14(24)23-15(25,5-6-22-23)16(19,20)21/h1-4,6-7,25H,5,8H2. The predicted octanol–water partition coefficient (Wildman–Crippen LogP) is 4.36. The third kappa shape index (κ3) is 3.83. The Bertz CT molecular complexity index is 902. The SMILES string of the molecule is O=C(c1ccc(COc2ccc(Br)cc2Cl)o1)N1N=CCC1(O)C(F)(F)F. The highest BCUT2D eigenvalue weighted by atomic mass is 79.9. The first kappa shape index (κ1) is 19.7. The number of ether oxygens (including phenoxy) is 1. The summed E-state index contributed by atoms with van der Waals surface area (Å²) in [6.45, 7) is -0.110. The molecule has 2 aromatic rings. The third-order valence-electron chi connectivity index (χ3n) is 3.71. The van der Waals surface area contributed by atoms with Crippen LogP contribution in [0.1, 0.15) is 22.7 Å². The Morgan fingerprint density at radius 2 is 2.15 bits per heavy atom. The summed E-state index contributed by atoms with van der Waals surface area (Å²) in [5.41, 5.74) is -3.40. The van der Waals surface area contributed by atoms with Gasteiger partial charge in [-0.15, -0.1) is 0 Å².